The number of aliphatic hydroxyl groups excluding tert-OH is 3. The minimum atomic E-state index is -1.26. The van der Waals surface area contributed by atoms with E-state index in [9.17, 15) is 20.1 Å². The summed E-state index contributed by atoms with van der Waals surface area (Å²) in [6.07, 6.45) is 4.91. The summed E-state index contributed by atoms with van der Waals surface area (Å²) < 4.78 is 32.2. The smallest absolute Gasteiger partial charge is 0.303 e. The van der Waals surface area contributed by atoms with Crippen molar-refractivity contribution in [1.82, 2.24) is 0 Å². The third-order valence-electron chi connectivity index (χ3n) is 16.1. The Hall–Kier alpha value is -0.810. The van der Waals surface area contributed by atoms with E-state index in [0.29, 0.717) is 34.5 Å². The lowest BCUT2D eigenvalue weighted by Gasteiger charge is -2.63. The van der Waals surface area contributed by atoms with E-state index in [-0.39, 0.29) is 47.1 Å². The van der Waals surface area contributed by atoms with Gasteiger partial charge in [-0.15, -0.1) is 0 Å². The monoisotopic (exact) mass is 646 g/mol. The molecule has 0 aromatic heterocycles. The maximum absolute atomic E-state index is 12.1. The molecule has 0 aromatic rings. The predicted molar refractivity (Wildman–Crippen MR) is 167 cm³/mol. The molecule has 2 bridgehead atoms. The van der Waals surface area contributed by atoms with Crippen molar-refractivity contribution in [3.05, 3.63) is 0 Å². The molecule has 9 heteroatoms. The Labute approximate surface area is 274 Å². The average molecular weight is 647 g/mol. The van der Waals surface area contributed by atoms with Crippen LogP contribution in [0.25, 0.3) is 0 Å². The Morgan fingerprint density at radius 2 is 1.57 bits per heavy atom. The van der Waals surface area contributed by atoms with Gasteiger partial charge in [0.1, 0.15) is 30.0 Å². The van der Waals surface area contributed by atoms with E-state index >= 15 is 0 Å². The highest BCUT2D eigenvalue weighted by Crippen LogP contribution is 2.90. The van der Waals surface area contributed by atoms with E-state index in [1.807, 2.05) is 13.8 Å². The van der Waals surface area contributed by atoms with Gasteiger partial charge in [-0.1, -0.05) is 34.6 Å². The highest BCUT2D eigenvalue weighted by molar-refractivity contribution is 5.66. The number of hydrogen-bond acceptors (Lipinski definition) is 9. The lowest BCUT2D eigenvalue weighted by molar-refractivity contribution is -0.302. The minimum Gasteiger partial charge on any atom is -0.457 e. The zero-order valence-electron chi connectivity index (χ0n) is 29.2. The van der Waals surface area contributed by atoms with Gasteiger partial charge in [0.2, 0.25) is 0 Å². The number of carbonyl (C=O) groups is 1. The first kappa shape index (κ1) is 32.4. The van der Waals surface area contributed by atoms with Gasteiger partial charge in [0, 0.05) is 19.3 Å². The van der Waals surface area contributed by atoms with E-state index in [4.69, 9.17) is 23.7 Å². The van der Waals surface area contributed by atoms with Crippen LogP contribution in [-0.2, 0) is 28.5 Å². The van der Waals surface area contributed by atoms with Gasteiger partial charge in [0.15, 0.2) is 12.1 Å². The molecule has 8 aliphatic rings. The SMILES string of the molecule is CC(=O)OC(C)(C)[C@H]1O[C@]23C[C@@]4(C)[C@@H]5CC[C@H]6C(C)(C)[C@@H](O[C@@H]7OC[C@@H](O)[C@H](O)[C@H]7O)CC[C@@]67C[C@@]57CC[C@]4(C)[C@H]2[C@H](C)C[C@H]1O3. The second-order valence-corrected chi connectivity index (χ2v) is 18.8. The number of fused-ring (bicyclic) bond motifs is 4. The second-order valence-electron chi connectivity index (χ2n) is 18.8. The molecule has 3 spiro atoms. The summed E-state index contributed by atoms with van der Waals surface area (Å²) >= 11 is 0. The minimum absolute atomic E-state index is 0.0389. The number of rotatable bonds is 4. The molecule has 260 valence electrons. The van der Waals surface area contributed by atoms with Crippen molar-refractivity contribution >= 4 is 5.97 Å². The largest absolute Gasteiger partial charge is 0.457 e. The Morgan fingerprint density at radius 3 is 2.28 bits per heavy atom. The van der Waals surface area contributed by atoms with Crippen molar-refractivity contribution in [3.63, 3.8) is 0 Å². The summed E-state index contributed by atoms with van der Waals surface area (Å²) in [6, 6.07) is 0. The molecule has 3 aliphatic heterocycles. The molecule has 16 atom stereocenters. The predicted octanol–water partition coefficient (Wildman–Crippen LogP) is 4.72. The number of carbonyl (C=O) groups excluding carboxylic acids is 1. The molecule has 46 heavy (non-hydrogen) atoms. The van der Waals surface area contributed by atoms with E-state index < -0.39 is 36.0 Å². The van der Waals surface area contributed by atoms with Gasteiger partial charge in [0.05, 0.1) is 18.8 Å². The van der Waals surface area contributed by atoms with Gasteiger partial charge in [-0.2, -0.15) is 0 Å². The van der Waals surface area contributed by atoms with Crippen LogP contribution in [0.4, 0.5) is 0 Å². The normalized spacial score (nSPS) is 58.2. The molecule has 0 unspecified atom stereocenters. The van der Waals surface area contributed by atoms with Gasteiger partial charge >= 0.3 is 5.97 Å². The first-order valence-electron chi connectivity index (χ1n) is 18.2. The Bertz CT molecular complexity index is 1290. The fourth-order valence-corrected chi connectivity index (χ4v) is 14.4. The van der Waals surface area contributed by atoms with Crippen molar-refractivity contribution in [2.45, 2.75) is 167 Å². The molecule has 8 rings (SSSR count). The summed E-state index contributed by atoms with van der Waals surface area (Å²) in [5, 5.41) is 30.9. The molecule has 0 radical (unpaired) electrons. The van der Waals surface area contributed by atoms with Gasteiger partial charge in [-0.05, 0) is 110 Å². The first-order valence-corrected chi connectivity index (χ1v) is 18.2. The van der Waals surface area contributed by atoms with Gasteiger partial charge in [0.25, 0.3) is 0 Å². The molecule has 9 nitrogen and oxygen atoms in total. The topological polar surface area (TPSA) is 124 Å². The van der Waals surface area contributed by atoms with Gasteiger partial charge in [-0.3, -0.25) is 4.79 Å². The maximum Gasteiger partial charge on any atom is 0.303 e. The summed E-state index contributed by atoms with van der Waals surface area (Å²) in [4.78, 5) is 12.1. The summed E-state index contributed by atoms with van der Waals surface area (Å²) in [6.45, 7) is 17.6. The Balaban J connectivity index is 1.07. The molecular formula is C37H58O9. The van der Waals surface area contributed by atoms with Crippen molar-refractivity contribution in [2.75, 3.05) is 6.61 Å². The second kappa shape index (κ2) is 9.70. The van der Waals surface area contributed by atoms with Crippen molar-refractivity contribution in [3.8, 4) is 0 Å². The van der Waals surface area contributed by atoms with Crippen LogP contribution in [0.15, 0.2) is 0 Å². The fourth-order valence-electron chi connectivity index (χ4n) is 14.4. The number of hydrogen-bond donors (Lipinski definition) is 3. The zero-order valence-corrected chi connectivity index (χ0v) is 29.2. The molecule has 5 aliphatic carbocycles. The number of esters is 1. The highest BCUT2D eigenvalue weighted by Gasteiger charge is 2.85. The van der Waals surface area contributed by atoms with Gasteiger partial charge < -0.3 is 39.0 Å². The molecule has 0 amide bonds. The number of ether oxygens (including phenoxy) is 5. The third kappa shape index (κ3) is 3.86. The molecule has 0 aromatic carbocycles. The molecule has 3 heterocycles. The summed E-state index contributed by atoms with van der Waals surface area (Å²) in [5.74, 6) is 0.961. The fraction of sp³-hybridized carbons (Fsp3) is 0.973. The van der Waals surface area contributed by atoms with E-state index in [0.717, 1.165) is 32.1 Å². The van der Waals surface area contributed by atoms with E-state index in [2.05, 4.69) is 34.6 Å². The molecule has 8 fully saturated rings. The zero-order chi connectivity index (χ0) is 33.0. The molecular weight excluding hydrogens is 588 g/mol. The molecule has 5 saturated carbocycles. The van der Waals surface area contributed by atoms with Crippen LogP contribution in [0.2, 0.25) is 0 Å². The first-order chi connectivity index (χ1) is 21.4. The van der Waals surface area contributed by atoms with Crippen LogP contribution >= 0.6 is 0 Å². The van der Waals surface area contributed by atoms with Crippen LogP contribution in [0, 0.1) is 50.7 Å². The van der Waals surface area contributed by atoms with Gasteiger partial charge in [-0.25, -0.2) is 0 Å². The van der Waals surface area contributed by atoms with Crippen molar-refractivity contribution in [2.24, 2.45) is 50.7 Å². The third-order valence-corrected chi connectivity index (χ3v) is 16.1. The van der Waals surface area contributed by atoms with E-state index in [1.165, 1.54) is 32.6 Å². The Morgan fingerprint density at radius 1 is 0.870 bits per heavy atom. The summed E-state index contributed by atoms with van der Waals surface area (Å²) in [5.41, 5.74) is -0.0944. The lowest BCUT2D eigenvalue weighted by atomic mass is 9.41. The lowest BCUT2D eigenvalue weighted by Crippen LogP contribution is -2.60. The quantitative estimate of drug-likeness (QED) is 0.294. The van der Waals surface area contributed by atoms with E-state index in [1.54, 1.807) is 0 Å². The molecule has 3 saturated heterocycles. The van der Waals surface area contributed by atoms with Crippen molar-refractivity contribution < 1.29 is 43.8 Å². The van der Waals surface area contributed by atoms with Crippen LogP contribution < -0.4 is 0 Å². The van der Waals surface area contributed by atoms with Crippen LogP contribution in [-0.4, -0.2) is 82.2 Å². The highest BCUT2D eigenvalue weighted by atomic mass is 16.8. The molecule has 3 N–H and O–H groups in total. The Kier molecular flexibility index (Phi) is 6.83. The summed E-state index contributed by atoms with van der Waals surface area (Å²) in [7, 11) is 0. The van der Waals surface area contributed by atoms with Crippen LogP contribution in [0.1, 0.15) is 113 Å². The number of aliphatic hydroxyl groups is 3. The maximum atomic E-state index is 12.1. The van der Waals surface area contributed by atoms with Crippen molar-refractivity contribution in [1.29, 1.82) is 0 Å². The van der Waals surface area contributed by atoms with Crippen LogP contribution in [0.3, 0.4) is 0 Å². The van der Waals surface area contributed by atoms with Crippen LogP contribution in [0.5, 0.6) is 0 Å². The average Bonchev–Trinajstić information content (AvgIpc) is 3.44. The standard InChI is InChI=1S/C37H58O9/c1-19-15-22-29(32(5,6)44-20(2)38)46-37(45-22)17-34(8)24-10-9-23-31(3,4)25(43-30-27(41)26(40)21(39)16-42-30)11-12-35(23)18-36(24,35)14-13-33(34,7)28(19)37/h19,21-30,39-41H,9-18H2,1-8H3/t19-,21-,22-,23+,24+,25+,26+,27-,28-,29+,30+,33-,34+,35-,36+,37-/m1/s1.